The summed E-state index contributed by atoms with van der Waals surface area (Å²) in [6.45, 7) is 3.59. The average molecular weight is 421 g/mol. The normalized spacial score (nSPS) is 10.8. The molecular weight excluding hydrogens is 404 g/mol. The Labute approximate surface area is 168 Å². The van der Waals surface area contributed by atoms with Crippen molar-refractivity contribution < 1.29 is 27.8 Å². The van der Waals surface area contributed by atoms with Gasteiger partial charge in [-0.05, 0) is 31.5 Å². The smallest absolute Gasteiger partial charge is 0.348 e. The molecule has 0 spiro atoms. The molecule has 2 aromatic heterocycles. The average Bonchev–Trinajstić information content (AvgIpc) is 3.01. The van der Waals surface area contributed by atoms with Crippen LogP contribution in [-0.2, 0) is 20.7 Å². The Bertz CT molecular complexity index is 1100. The molecule has 0 aliphatic carbocycles. The Kier molecular flexibility index (Phi) is 6.02. The fraction of sp³-hybridized carbons (Fsp3) is 0.263. The van der Waals surface area contributed by atoms with E-state index >= 15 is 0 Å². The Balaban J connectivity index is 2.15. The van der Waals surface area contributed by atoms with Crippen molar-refractivity contribution in [3.05, 3.63) is 46.1 Å². The number of anilines is 2. The molecule has 0 amide bonds. The van der Waals surface area contributed by atoms with Crippen molar-refractivity contribution in [3.8, 4) is 0 Å². The van der Waals surface area contributed by atoms with Gasteiger partial charge < -0.3 is 14.8 Å². The van der Waals surface area contributed by atoms with Gasteiger partial charge in [-0.15, -0.1) is 11.3 Å². The molecule has 0 aliphatic rings. The Hall–Kier alpha value is -3.14. The summed E-state index contributed by atoms with van der Waals surface area (Å²) in [5.74, 6) is -2.29. The second-order valence-electron chi connectivity index (χ2n) is 5.95. The quantitative estimate of drug-likeness (QED) is 0.604. The van der Waals surface area contributed by atoms with Crippen molar-refractivity contribution in [2.24, 2.45) is 0 Å². The maximum absolute atomic E-state index is 14.1. The molecule has 0 radical (unpaired) electrons. The second kappa shape index (κ2) is 8.48. The molecule has 1 N–H and O–H groups in total. The number of methoxy groups -OCH3 is 1. The van der Waals surface area contributed by atoms with Crippen molar-refractivity contribution in [3.63, 3.8) is 0 Å². The number of hydrogen-bond acceptors (Lipinski definition) is 8. The SMILES string of the molecule is CCOC(=O)c1sc2nc(CC(=O)OC)nc(Nc3ccc(F)cc3F)c2c1C. The number of aryl methyl sites for hydroxylation is 1. The molecule has 2 heterocycles. The lowest BCUT2D eigenvalue weighted by molar-refractivity contribution is -0.139. The molecule has 0 aliphatic heterocycles. The predicted molar refractivity (Wildman–Crippen MR) is 103 cm³/mol. The predicted octanol–water partition coefficient (Wildman–Crippen LogP) is 3.91. The third-order valence-corrected chi connectivity index (χ3v) is 5.18. The highest BCUT2D eigenvalue weighted by atomic mass is 32.1. The number of hydrogen-bond donors (Lipinski definition) is 1. The van der Waals surface area contributed by atoms with E-state index in [9.17, 15) is 18.4 Å². The van der Waals surface area contributed by atoms with Crippen molar-refractivity contribution in [2.75, 3.05) is 19.0 Å². The molecule has 0 unspecified atom stereocenters. The number of nitrogens with zero attached hydrogens (tertiary/aromatic N) is 2. The van der Waals surface area contributed by atoms with Crippen molar-refractivity contribution in [2.45, 2.75) is 20.3 Å². The van der Waals surface area contributed by atoms with E-state index in [2.05, 4.69) is 20.0 Å². The van der Waals surface area contributed by atoms with Gasteiger partial charge in [0.1, 0.15) is 39.4 Å². The fourth-order valence-electron chi connectivity index (χ4n) is 2.66. The lowest BCUT2D eigenvalue weighted by atomic mass is 10.2. The maximum Gasteiger partial charge on any atom is 0.348 e. The van der Waals surface area contributed by atoms with Gasteiger partial charge in [-0.25, -0.2) is 23.5 Å². The minimum Gasteiger partial charge on any atom is -0.469 e. The zero-order valence-corrected chi connectivity index (χ0v) is 16.7. The second-order valence-corrected chi connectivity index (χ2v) is 6.95. The number of halogens is 2. The van der Waals surface area contributed by atoms with E-state index in [1.165, 1.54) is 13.2 Å². The zero-order valence-electron chi connectivity index (χ0n) is 15.8. The van der Waals surface area contributed by atoms with E-state index in [0.717, 1.165) is 23.5 Å². The molecule has 0 fully saturated rings. The number of thiophene rings is 1. The van der Waals surface area contributed by atoms with E-state index < -0.39 is 23.6 Å². The number of esters is 2. The Morgan fingerprint density at radius 3 is 2.66 bits per heavy atom. The number of carbonyl (C=O) groups excluding carboxylic acids is 2. The van der Waals surface area contributed by atoms with Gasteiger partial charge in [-0.1, -0.05) is 0 Å². The Morgan fingerprint density at radius 1 is 1.24 bits per heavy atom. The molecular formula is C19H17F2N3O4S. The zero-order chi connectivity index (χ0) is 21.1. The highest BCUT2D eigenvalue weighted by Crippen LogP contribution is 2.36. The van der Waals surface area contributed by atoms with Crippen LogP contribution in [0.4, 0.5) is 20.3 Å². The molecule has 0 atom stereocenters. The largest absolute Gasteiger partial charge is 0.469 e. The Morgan fingerprint density at radius 2 is 2.00 bits per heavy atom. The van der Waals surface area contributed by atoms with Gasteiger partial charge in [-0.3, -0.25) is 4.79 Å². The first-order valence-corrected chi connectivity index (χ1v) is 9.41. The molecule has 10 heteroatoms. The molecule has 29 heavy (non-hydrogen) atoms. The number of nitrogens with one attached hydrogen (secondary N) is 1. The summed E-state index contributed by atoms with van der Waals surface area (Å²) < 4.78 is 37.1. The van der Waals surface area contributed by atoms with Crippen LogP contribution in [0.25, 0.3) is 10.2 Å². The van der Waals surface area contributed by atoms with E-state index in [0.29, 0.717) is 20.7 Å². The number of aromatic nitrogens is 2. The lowest BCUT2D eigenvalue weighted by Crippen LogP contribution is -2.09. The molecule has 3 aromatic rings. The van der Waals surface area contributed by atoms with Crippen LogP contribution in [0.2, 0.25) is 0 Å². The van der Waals surface area contributed by atoms with E-state index in [-0.39, 0.29) is 30.4 Å². The fourth-order valence-corrected chi connectivity index (χ4v) is 3.76. The first-order valence-electron chi connectivity index (χ1n) is 8.60. The minimum absolute atomic E-state index is 0.0151. The van der Waals surface area contributed by atoms with Gasteiger partial charge in [0.25, 0.3) is 0 Å². The third-order valence-electron chi connectivity index (χ3n) is 4.01. The third kappa shape index (κ3) is 4.32. The molecule has 0 saturated carbocycles. The number of benzene rings is 1. The highest BCUT2D eigenvalue weighted by molar-refractivity contribution is 7.20. The molecule has 152 valence electrons. The monoisotopic (exact) mass is 421 g/mol. The summed E-state index contributed by atoms with van der Waals surface area (Å²) in [5.41, 5.74) is 0.539. The first kappa shape index (κ1) is 20.6. The number of carbonyl (C=O) groups is 2. The lowest BCUT2D eigenvalue weighted by Gasteiger charge is -2.10. The summed E-state index contributed by atoms with van der Waals surface area (Å²) >= 11 is 1.08. The van der Waals surface area contributed by atoms with Gasteiger partial charge in [0.05, 0.1) is 24.8 Å². The topological polar surface area (TPSA) is 90.4 Å². The van der Waals surface area contributed by atoms with Crippen LogP contribution in [0, 0.1) is 18.6 Å². The summed E-state index contributed by atoms with van der Waals surface area (Å²) in [4.78, 5) is 33.3. The van der Waals surface area contributed by atoms with Gasteiger partial charge in [0.15, 0.2) is 0 Å². The summed E-state index contributed by atoms with van der Waals surface area (Å²) in [7, 11) is 1.24. The van der Waals surface area contributed by atoms with Crippen LogP contribution >= 0.6 is 11.3 Å². The van der Waals surface area contributed by atoms with Crippen LogP contribution in [-0.4, -0.2) is 35.6 Å². The summed E-state index contributed by atoms with van der Waals surface area (Å²) in [5, 5.41) is 3.29. The highest BCUT2D eigenvalue weighted by Gasteiger charge is 2.22. The van der Waals surface area contributed by atoms with E-state index in [1.54, 1.807) is 13.8 Å². The number of fused-ring (bicyclic) bond motifs is 1. The van der Waals surface area contributed by atoms with E-state index in [4.69, 9.17) is 4.74 Å². The maximum atomic E-state index is 14.1. The van der Waals surface area contributed by atoms with Crippen LogP contribution in [0.1, 0.15) is 28.0 Å². The van der Waals surface area contributed by atoms with Crippen molar-refractivity contribution in [1.29, 1.82) is 0 Å². The molecule has 3 rings (SSSR count). The number of ether oxygens (including phenoxy) is 2. The van der Waals surface area contributed by atoms with E-state index in [1.807, 2.05) is 0 Å². The minimum atomic E-state index is -0.815. The van der Waals surface area contributed by atoms with Gasteiger partial charge >= 0.3 is 11.9 Å². The van der Waals surface area contributed by atoms with Crippen molar-refractivity contribution >= 4 is 45.0 Å². The van der Waals surface area contributed by atoms with Crippen LogP contribution in [0.5, 0.6) is 0 Å². The number of rotatable bonds is 6. The van der Waals surface area contributed by atoms with Gasteiger partial charge in [0, 0.05) is 6.07 Å². The van der Waals surface area contributed by atoms with Crippen LogP contribution < -0.4 is 5.32 Å². The summed E-state index contributed by atoms with van der Waals surface area (Å²) in [6.07, 6.45) is -0.210. The van der Waals surface area contributed by atoms with Gasteiger partial charge in [-0.2, -0.15) is 0 Å². The van der Waals surface area contributed by atoms with Crippen LogP contribution in [0.3, 0.4) is 0 Å². The van der Waals surface area contributed by atoms with Crippen molar-refractivity contribution in [1.82, 2.24) is 9.97 Å². The molecule has 1 aromatic carbocycles. The van der Waals surface area contributed by atoms with Gasteiger partial charge in [0.2, 0.25) is 0 Å². The van der Waals surface area contributed by atoms with Crippen LogP contribution in [0.15, 0.2) is 18.2 Å². The first-order chi connectivity index (χ1) is 13.8. The summed E-state index contributed by atoms with van der Waals surface area (Å²) in [6, 6.07) is 3.07. The standard InChI is InChI=1S/C19H17F2N3O4S/c1-4-28-19(26)16-9(2)15-17(22-12-6-5-10(20)7-11(12)21)23-13(8-14(25)27-3)24-18(15)29-16/h5-7H,4,8H2,1-3H3,(H,22,23,24). The molecule has 0 bridgehead atoms. The molecule has 7 nitrogen and oxygen atoms in total. The molecule has 0 saturated heterocycles.